The van der Waals surface area contributed by atoms with Crippen LogP contribution in [0.15, 0.2) is 109 Å². The molecule has 21 N–H and O–H groups in total. The smallest absolute Gasteiger partial charge is 0.305 e. The summed E-state index contributed by atoms with van der Waals surface area (Å²) >= 11 is 0.761. The highest BCUT2D eigenvalue weighted by Crippen LogP contribution is 2.28. The molecule has 9 rings (SSSR count). The topological polar surface area (TPSA) is 620 Å². The number of rotatable bonds is 23. The largest absolute Gasteiger partial charge is 0.508 e. The summed E-state index contributed by atoms with van der Waals surface area (Å²) in [4.78, 5) is 266. The molecular formula is C88H119N21O21S. The van der Waals surface area contributed by atoms with Crippen LogP contribution in [0.4, 0.5) is 0 Å². The molecule has 3 aromatic heterocycles. The number of H-pyrrole nitrogens is 3. The van der Waals surface area contributed by atoms with Crippen molar-refractivity contribution in [2.75, 3.05) is 65.4 Å². The van der Waals surface area contributed by atoms with Gasteiger partial charge in [-0.05, 0) is 106 Å². The number of aromatic amines is 3. The fourth-order valence-corrected chi connectivity index (χ4v) is 16.7. The summed E-state index contributed by atoms with van der Waals surface area (Å²) in [6, 6.07) is -1.14. The molecule has 3 fully saturated rings. The van der Waals surface area contributed by atoms with Crippen LogP contribution in [0.3, 0.4) is 0 Å². The first-order valence-corrected chi connectivity index (χ1v) is 44.8. The number of hydrogen-bond acceptors (Lipinski definition) is 23. The first kappa shape index (κ1) is 101. The van der Waals surface area contributed by atoms with Gasteiger partial charge in [0.2, 0.25) is 88.6 Å². The van der Waals surface area contributed by atoms with Gasteiger partial charge in [0.25, 0.3) is 5.91 Å². The highest BCUT2D eigenvalue weighted by Gasteiger charge is 2.46. The molecule has 0 radical (unpaired) electrons. The molecule has 6 aromatic rings. The molecule has 0 bridgehead atoms. The Kier molecular flexibility index (Phi) is 37.5. The number of carbonyl (C=O) groups is 17. The summed E-state index contributed by atoms with van der Waals surface area (Å²) in [6.45, 7) is 3.81. The van der Waals surface area contributed by atoms with Gasteiger partial charge in [-0.25, -0.2) is 4.98 Å². The summed E-state index contributed by atoms with van der Waals surface area (Å²) < 4.78 is 0. The minimum absolute atomic E-state index is 0.0142. The lowest BCUT2D eigenvalue weighted by molar-refractivity contribution is -0.147. The number of likely N-dealkylation sites (N-methyl/N-ethyl adjacent to an activating group) is 3. The van der Waals surface area contributed by atoms with Crippen molar-refractivity contribution in [2.24, 2.45) is 11.5 Å². The number of carbonyl (C=O) groups excluding carboxylic acids is 16. The Morgan fingerprint density at radius 3 is 1.79 bits per heavy atom. The number of aliphatic hydroxyl groups is 2. The fraction of sp³-hybridized carbons (Fsp3) is 0.500. The minimum Gasteiger partial charge on any atom is -0.508 e. The van der Waals surface area contributed by atoms with Crippen LogP contribution in [0.1, 0.15) is 127 Å². The minimum atomic E-state index is -1.90. The number of nitrogens with two attached hydrogens (primary N) is 2. The number of amides is 16. The number of hydrogen-bond donors (Lipinski definition) is 19. The van der Waals surface area contributed by atoms with Gasteiger partial charge in [0, 0.05) is 112 Å². The average molecular weight is 1840 g/mol. The van der Waals surface area contributed by atoms with Gasteiger partial charge in [0.1, 0.15) is 90.0 Å². The van der Waals surface area contributed by atoms with E-state index in [1.807, 2.05) is 6.92 Å². The van der Waals surface area contributed by atoms with Gasteiger partial charge in [-0.1, -0.05) is 87.7 Å². The quantitative estimate of drug-likeness (QED) is 0.0236. The molecule has 2 unspecified atom stereocenters. The van der Waals surface area contributed by atoms with E-state index >= 15 is 33.6 Å². The van der Waals surface area contributed by atoms with E-state index in [1.165, 1.54) is 77.9 Å². The standard InChI is InChI=1S/C88H119N21O21S/c1-8-10-24-68-81(123)96-48(3)75(117)104-67(77(119)94-42-72(90)113)45-131-46-73(114)97-63(33-50-27-29-54(111)30-28-50)84(126)105(5)49(4)76(118)101-65(38-74(115)116)87(129)108-32-18-26-69(108)82(124)100-62(36-53-41-91-47-95-53)79(121)98-60(23-16-17-31-89)86(128)109-43-55(112)37-71(109)83(125)99-61(34-51-39-92-58-21-14-12-19-56(51)58)78(120)103-66(44-110)80(122)102-64(35-52-40-93-59-22-15-13-20-57(52)59)85(127)107(7)70(25-11-9-2)88(130)106(68)6/h12-15,19-22,24,27-30,39-41,47-49,55,60-67,69-71,92-93,110-112H,8-11,16-18,23,25-26,31-38,42-46,89H2,1-7H3,(H2,90,113)(H,91,95)(H,94,119)(H,96,123)(H,97,114)(H,98,121)(H,99,125)(H,100,124)(H,101,118)(H,102,122)(H,103,120)(H,104,117)(H,115,116)/b68-24+/t48-,49-,55+,60-,61-,62-,63-,64-,65-,66?,67-,69-,70-,71?/m0/s1. The Labute approximate surface area is 759 Å². The summed E-state index contributed by atoms with van der Waals surface area (Å²) in [5.41, 5.74) is 13.9. The van der Waals surface area contributed by atoms with E-state index in [0.717, 1.165) is 36.3 Å². The van der Waals surface area contributed by atoms with Gasteiger partial charge in [0.05, 0.1) is 43.5 Å². The Morgan fingerprint density at radius 1 is 0.595 bits per heavy atom. The number of phenols is 1. The summed E-state index contributed by atoms with van der Waals surface area (Å²) in [7, 11) is 3.80. The summed E-state index contributed by atoms with van der Waals surface area (Å²) in [6.07, 6.45) is 5.26. The van der Waals surface area contributed by atoms with Crippen molar-refractivity contribution in [2.45, 2.75) is 215 Å². The maximum atomic E-state index is 15.6. The number of aromatic nitrogens is 4. The van der Waals surface area contributed by atoms with E-state index < -0.39 is 229 Å². The number of benzene rings is 3. The molecule has 3 saturated heterocycles. The second-order valence-electron chi connectivity index (χ2n) is 32.9. The first-order valence-electron chi connectivity index (χ1n) is 43.6. The van der Waals surface area contributed by atoms with Gasteiger partial charge < -0.3 is 125 Å². The number of aliphatic hydroxyl groups excluding tert-OH is 2. The zero-order valence-electron chi connectivity index (χ0n) is 74.1. The van der Waals surface area contributed by atoms with Crippen molar-refractivity contribution >= 4 is 134 Å². The normalized spacial score (nSPS) is 24.9. The van der Waals surface area contributed by atoms with Crippen molar-refractivity contribution < 1.29 is 102 Å². The van der Waals surface area contributed by atoms with Crippen molar-refractivity contribution in [1.82, 2.24) is 97.6 Å². The second kappa shape index (κ2) is 48.4. The number of carboxylic acid groups (broad SMARTS) is 1. The molecule has 3 aliphatic rings. The number of fused-ring (bicyclic) bond motifs is 4. The molecule has 3 aromatic carbocycles. The predicted molar refractivity (Wildman–Crippen MR) is 478 cm³/mol. The number of thioether (sulfide) groups is 1. The molecule has 43 heteroatoms. The number of aromatic hydroxyl groups is 1. The van der Waals surface area contributed by atoms with Gasteiger partial charge >= 0.3 is 5.97 Å². The molecule has 131 heavy (non-hydrogen) atoms. The number of unbranched alkanes of at least 4 members (excludes halogenated alkanes) is 3. The van der Waals surface area contributed by atoms with Crippen molar-refractivity contribution in [3.63, 3.8) is 0 Å². The van der Waals surface area contributed by atoms with Crippen LogP contribution >= 0.6 is 11.8 Å². The molecule has 0 aliphatic carbocycles. The lowest BCUT2D eigenvalue weighted by Gasteiger charge is -2.34. The third kappa shape index (κ3) is 27.6. The van der Waals surface area contributed by atoms with Gasteiger partial charge in [-0.15, -0.1) is 11.8 Å². The summed E-state index contributed by atoms with van der Waals surface area (Å²) in [5.74, 6) is -18.1. The number of aliphatic carboxylic acids is 1. The Hall–Kier alpha value is -13.3. The van der Waals surface area contributed by atoms with E-state index in [9.17, 15) is 68.4 Å². The highest BCUT2D eigenvalue weighted by atomic mass is 32.2. The number of allylic oxidation sites excluding steroid dienone is 1. The zero-order valence-corrected chi connectivity index (χ0v) is 75.0. The monoisotopic (exact) mass is 1840 g/mol. The molecule has 16 amide bonds. The molecule has 0 saturated carbocycles. The van der Waals surface area contributed by atoms with Crippen molar-refractivity contribution in [3.05, 3.63) is 132 Å². The van der Waals surface area contributed by atoms with E-state index in [4.69, 9.17) is 11.5 Å². The van der Waals surface area contributed by atoms with E-state index in [1.54, 1.807) is 67.8 Å². The van der Waals surface area contributed by atoms with Crippen molar-refractivity contribution in [1.29, 1.82) is 0 Å². The lowest BCUT2D eigenvalue weighted by Crippen LogP contribution is -2.61. The molecule has 42 nitrogen and oxygen atoms in total. The van der Waals surface area contributed by atoms with E-state index in [2.05, 4.69) is 73.1 Å². The third-order valence-electron chi connectivity index (χ3n) is 23.2. The highest BCUT2D eigenvalue weighted by molar-refractivity contribution is 8.00. The maximum Gasteiger partial charge on any atom is 0.305 e. The fourth-order valence-electron chi connectivity index (χ4n) is 15.8. The van der Waals surface area contributed by atoms with Crippen LogP contribution in [-0.2, 0) is 107 Å². The molecule has 0 spiro atoms. The van der Waals surface area contributed by atoms with Crippen LogP contribution in [-0.4, -0.2) is 315 Å². The summed E-state index contributed by atoms with van der Waals surface area (Å²) in [5, 5.41) is 70.2. The van der Waals surface area contributed by atoms with Gasteiger partial charge in [-0.3, -0.25) is 81.5 Å². The number of carboxylic acids is 1. The van der Waals surface area contributed by atoms with Crippen LogP contribution in [0.25, 0.3) is 21.8 Å². The maximum absolute atomic E-state index is 15.6. The Bertz CT molecular complexity index is 5120. The first-order chi connectivity index (χ1) is 62.5. The zero-order chi connectivity index (χ0) is 95.4. The number of nitrogens with zero attached hydrogens (tertiary/aromatic N) is 6. The number of phenolic OH excluding ortho intramolecular Hbond substituents is 1. The number of imidazole rings is 1. The molecule has 14 atom stereocenters. The van der Waals surface area contributed by atoms with Gasteiger partial charge in [-0.2, -0.15) is 0 Å². The Morgan fingerprint density at radius 2 is 1.18 bits per heavy atom. The molecule has 6 heterocycles. The van der Waals surface area contributed by atoms with Crippen LogP contribution in [0.2, 0.25) is 0 Å². The predicted octanol–water partition coefficient (Wildman–Crippen LogP) is -2.36. The Balaban J connectivity index is 1.08. The lowest BCUT2D eigenvalue weighted by atomic mass is 10.0. The van der Waals surface area contributed by atoms with E-state index in [-0.39, 0.29) is 94.4 Å². The SMILES string of the molecule is CCC/C=C1\C(=O)N[C@@H](C)C(=O)N[C@H](C(=O)NCC(N)=O)CSCC(=O)N[C@@H](Cc2ccc(O)cc2)C(=O)N(C)[C@@H](C)C(=O)N[C@@H](CC(=O)O)C(=O)N2CCC[C@H]2C(=O)N[C@@H](Cc2c[nH]cn2)C(=O)N[C@@H](CCCCN)C(=O)N2C[C@H](O)CC2C(=O)N[C@@H](Cc2c[nH]c3ccccc23)C(=O)NC(CO)C(=O)N[C@@H](Cc2c[nH]c3ccccc23)C(=O)N(C)[C@@H](CCCC)C(=O)N1C. The van der Waals surface area contributed by atoms with Crippen molar-refractivity contribution in [3.8, 4) is 5.75 Å². The number of primary amides is 1. The van der Waals surface area contributed by atoms with Gasteiger partial charge in [0.15, 0.2) is 0 Å². The molecular weight excluding hydrogens is 1720 g/mol. The second-order valence-corrected chi connectivity index (χ2v) is 33.9. The number of para-hydroxylation sites is 2. The third-order valence-corrected chi connectivity index (χ3v) is 24.3. The van der Waals surface area contributed by atoms with Crippen LogP contribution in [0, 0.1) is 0 Å². The molecule has 708 valence electrons. The number of nitrogens with one attached hydrogen (secondary N) is 13. The average Bonchev–Trinajstić information content (AvgIpc) is 1.70. The van der Waals surface area contributed by atoms with Crippen LogP contribution in [0.5, 0.6) is 5.75 Å². The van der Waals surface area contributed by atoms with Crippen LogP contribution < -0.4 is 64.6 Å². The van der Waals surface area contributed by atoms with E-state index in [0.29, 0.717) is 64.2 Å². The molecule has 3 aliphatic heterocycles.